The van der Waals surface area contributed by atoms with Crippen LogP contribution in [0.1, 0.15) is 44.5 Å². The number of morpholine rings is 1. The highest BCUT2D eigenvalue weighted by atomic mass is 32.2. The summed E-state index contributed by atoms with van der Waals surface area (Å²) < 4.78 is 32.0. The molecule has 0 aromatic heterocycles. The van der Waals surface area contributed by atoms with E-state index in [0.717, 1.165) is 32.7 Å². The van der Waals surface area contributed by atoms with E-state index in [1.165, 1.54) is 16.4 Å². The maximum absolute atomic E-state index is 12.6. The predicted molar refractivity (Wildman–Crippen MR) is 115 cm³/mol. The first-order valence-electron chi connectivity index (χ1n) is 10.5. The molecule has 1 fully saturated rings. The molecule has 164 valence electrons. The average Bonchev–Trinajstić information content (AvgIpc) is 2.72. The lowest BCUT2D eigenvalue weighted by Gasteiger charge is -2.35. The van der Waals surface area contributed by atoms with Crippen LogP contribution in [0.2, 0.25) is 0 Å². The molecule has 1 aromatic rings. The number of nitrogens with one attached hydrogen (secondary N) is 1. The van der Waals surface area contributed by atoms with Crippen molar-refractivity contribution in [3.63, 3.8) is 0 Å². The van der Waals surface area contributed by atoms with Crippen LogP contribution in [0.25, 0.3) is 0 Å². The van der Waals surface area contributed by atoms with Crippen LogP contribution < -0.4 is 5.32 Å². The number of nitrogens with zero attached hydrogens (tertiary/aromatic N) is 2. The van der Waals surface area contributed by atoms with E-state index >= 15 is 0 Å². The fraction of sp³-hybridized carbons (Fsp3) is 0.667. The monoisotopic (exact) mass is 425 g/mol. The molecule has 1 heterocycles. The van der Waals surface area contributed by atoms with Gasteiger partial charge in [0.05, 0.1) is 18.1 Å². The van der Waals surface area contributed by atoms with E-state index in [-0.39, 0.29) is 16.8 Å². The fourth-order valence-corrected chi connectivity index (χ4v) is 5.11. The van der Waals surface area contributed by atoms with Gasteiger partial charge in [0.2, 0.25) is 10.0 Å². The average molecular weight is 426 g/mol. The molecule has 1 aliphatic heterocycles. The van der Waals surface area contributed by atoms with Gasteiger partial charge in [-0.1, -0.05) is 27.7 Å². The molecule has 1 saturated heterocycles. The molecule has 1 unspecified atom stereocenters. The number of carbonyl (C=O) groups is 1. The van der Waals surface area contributed by atoms with Crippen molar-refractivity contribution < 1.29 is 17.9 Å². The van der Waals surface area contributed by atoms with E-state index in [1.54, 1.807) is 12.1 Å². The van der Waals surface area contributed by atoms with Gasteiger partial charge in [0.25, 0.3) is 5.91 Å². The number of hydrogen-bond acceptors (Lipinski definition) is 5. The molecular weight excluding hydrogens is 390 g/mol. The molecule has 1 atom stereocenters. The topological polar surface area (TPSA) is 79.0 Å². The Bertz CT molecular complexity index is 740. The summed E-state index contributed by atoms with van der Waals surface area (Å²) in [5.74, 6) is 0.350. The molecule has 1 aliphatic rings. The van der Waals surface area contributed by atoms with Crippen molar-refractivity contribution >= 4 is 15.9 Å². The third-order valence-electron chi connectivity index (χ3n) is 5.26. The molecular formula is C21H35N3O4S. The number of ether oxygens (including phenoxy) is 1. The van der Waals surface area contributed by atoms with Crippen LogP contribution in [0, 0.1) is 5.92 Å². The molecule has 0 bridgehead atoms. The molecule has 0 radical (unpaired) electrons. The maximum Gasteiger partial charge on any atom is 0.251 e. The van der Waals surface area contributed by atoms with Crippen molar-refractivity contribution in [1.29, 1.82) is 0 Å². The summed E-state index contributed by atoms with van der Waals surface area (Å²) >= 11 is 0. The molecule has 2 rings (SSSR count). The summed E-state index contributed by atoms with van der Waals surface area (Å²) in [4.78, 5) is 15.2. The molecule has 1 aromatic carbocycles. The normalized spacial score (nSPS) is 16.9. The Morgan fingerprint density at radius 3 is 2.24 bits per heavy atom. The summed E-state index contributed by atoms with van der Waals surface area (Å²) in [5.41, 5.74) is 0.466. The van der Waals surface area contributed by atoms with Crippen LogP contribution in [-0.4, -0.2) is 75.5 Å². The molecule has 0 saturated carbocycles. The van der Waals surface area contributed by atoms with Gasteiger partial charge in [0.1, 0.15) is 0 Å². The first-order chi connectivity index (χ1) is 13.8. The van der Waals surface area contributed by atoms with Gasteiger partial charge < -0.3 is 10.1 Å². The van der Waals surface area contributed by atoms with Crippen LogP contribution in [0.3, 0.4) is 0 Å². The number of amides is 1. The SMILES string of the molecule is CCN(CC)S(=O)(=O)c1ccc(C(=O)NCC(CC(C)C)N2CCOCC2)cc1. The Morgan fingerprint density at radius 1 is 1.14 bits per heavy atom. The third-order valence-corrected chi connectivity index (χ3v) is 7.33. The highest BCUT2D eigenvalue weighted by molar-refractivity contribution is 7.89. The minimum Gasteiger partial charge on any atom is -0.379 e. The number of benzene rings is 1. The van der Waals surface area contributed by atoms with Crippen molar-refractivity contribution in [1.82, 2.24) is 14.5 Å². The van der Waals surface area contributed by atoms with Crippen molar-refractivity contribution in [3.05, 3.63) is 29.8 Å². The lowest BCUT2D eigenvalue weighted by molar-refractivity contribution is 0.0124. The van der Waals surface area contributed by atoms with Crippen LogP contribution in [0.4, 0.5) is 0 Å². The predicted octanol–water partition coefficient (Wildman–Crippen LogP) is 2.19. The van der Waals surface area contributed by atoms with Crippen LogP contribution in [0.5, 0.6) is 0 Å². The Kier molecular flexibility index (Phi) is 9.07. The van der Waals surface area contributed by atoms with Gasteiger partial charge >= 0.3 is 0 Å². The fourth-order valence-electron chi connectivity index (χ4n) is 3.65. The van der Waals surface area contributed by atoms with Crippen LogP contribution >= 0.6 is 0 Å². The van der Waals surface area contributed by atoms with Gasteiger partial charge in [0, 0.05) is 44.3 Å². The second kappa shape index (κ2) is 11.1. The minimum absolute atomic E-state index is 0.182. The quantitative estimate of drug-likeness (QED) is 0.622. The summed E-state index contributed by atoms with van der Waals surface area (Å²) in [7, 11) is -3.51. The van der Waals surface area contributed by atoms with Gasteiger partial charge in [-0.15, -0.1) is 0 Å². The number of rotatable bonds is 10. The highest BCUT2D eigenvalue weighted by Gasteiger charge is 2.24. The second-order valence-corrected chi connectivity index (χ2v) is 9.69. The third kappa shape index (κ3) is 6.50. The summed E-state index contributed by atoms with van der Waals surface area (Å²) in [6.45, 7) is 12.6. The van der Waals surface area contributed by atoms with E-state index in [9.17, 15) is 13.2 Å². The lowest BCUT2D eigenvalue weighted by Crippen LogP contribution is -2.49. The summed E-state index contributed by atoms with van der Waals surface area (Å²) in [6.07, 6.45) is 1.00. The van der Waals surface area contributed by atoms with Crippen molar-refractivity contribution in [2.75, 3.05) is 45.9 Å². The van der Waals surface area contributed by atoms with Crippen LogP contribution in [0.15, 0.2) is 29.2 Å². The standard InChI is InChI=1S/C21H35N3O4S/c1-5-24(6-2)29(26,27)20-9-7-18(8-10-20)21(25)22-16-19(15-17(3)4)23-11-13-28-14-12-23/h7-10,17,19H,5-6,11-16H2,1-4H3,(H,22,25). The zero-order valence-corrected chi connectivity index (χ0v) is 18.9. The Balaban J connectivity index is 2.02. The Labute approximate surface area is 175 Å². The first kappa shape index (κ1) is 23.8. The Morgan fingerprint density at radius 2 is 1.72 bits per heavy atom. The molecule has 1 amide bonds. The number of sulfonamides is 1. The van der Waals surface area contributed by atoms with E-state index in [4.69, 9.17) is 4.74 Å². The van der Waals surface area contributed by atoms with Gasteiger partial charge in [-0.3, -0.25) is 9.69 Å². The van der Waals surface area contributed by atoms with Gasteiger partial charge in [-0.25, -0.2) is 8.42 Å². The van der Waals surface area contributed by atoms with Crippen LogP contribution in [-0.2, 0) is 14.8 Å². The molecule has 29 heavy (non-hydrogen) atoms. The molecule has 7 nitrogen and oxygen atoms in total. The van der Waals surface area contributed by atoms with Crippen molar-refractivity contribution in [2.45, 2.75) is 45.1 Å². The lowest BCUT2D eigenvalue weighted by atomic mass is 10.0. The van der Waals surface area contributed by atoms with Gasteiger partial charge in [0.15, 0.2) is 0 Å². The first-order valence-corrected chi connectivity index (χ1v) is 11.9. The molecule has 8 heteroatoms. The largest absolute Gasteiger partial charge is 0.379 e. The van der Waals surface area contributed by atoms with Crippen molar-refractivity contribution in [2.24, 2.45) is 5.92 Å². The number of hydrogen-bond donors (Lipinski definition) is 1. The van der Waals surface area contributed by atoms with E-state index in [2.05, 4.69) is 24.1 Å². The van der Waals surface area contributed by atoms with E-state index in [0.29, 0.717) is 31.1 Å². The summed E-state index contributed by atoms with van der Waals surface area (Å²) in [6, 6.07) is 6.45. The second-order valence-electron chi connectivity index (χ2n) is 7.76. The van der Waals surface area contributed by atoms with Crippen molar-refractivity contribution in [3.8, 4) is 0 Å². The molecule has 1 N–H and O–H groups in total. The van der Waals surface area contributed by atoms with E-state index in [1.807, 2.05) is 13.8 Å². The molecule has 0 aliphatic carbocycles. The molecule has 0 spiro atoms. The zero-order valence-electron chi connectivity index (χ0n) is 18.1. The van der Waals surface area contributed by atoms with Gasteiger partial charge in [-0.2, -0.15) is 4.31 Å². The highest BCUT2D eigenvalue weighted by Crippen LogP contribution is 2.17. The summed E-state index contributed by atoms with van der Waals surface area (Å²) in [5, 5.41) is 3.02. The Hall–Kier alpha value is -1.48. The van der Waals surface area contributed by atoms with Gasteiger partial charge in [-0.05, 0) is 36.6 Å². The number of carbonyl (C=O) groups excluding carboxylic acids is 1. The zero-order chi connectivity index (χ0) is 21.4. The van der Waals surface area contributed by atoms with E-state index < -0.39 is 10.0 Å². The maximum atomic E-state index is 12.6. The minimum atomic E-state index is -3.51. The smallest absolute Gasteiger partial charge is 0.251 e.